The summed E-state index contributed by atoms with van der Waals surface area (Å²) in [4.78, 5) is 19.0. The molecule has 2 aromatic rings. The number of piperazine rings is 1. The lowest BCUT2D eigenvalue weighted by molar-refractivity contribution is -0.129. The predicted molar refractivity (Wildman–Crippen MR) is 154 cm³/mol. The van der Waals surface area contributed by atoms with E-state index in [4.69, 9.17) is 4.74 Å². The number of benzene rings is 2. The summed E-state index contributed by atoms with van der Waals surface area (Å²) in [6.45, 7) is 6.40. The number of quaternary nitrogens is 1. The van der Waals surface area contributed by atoms with Gasteiger partial charge in [-0.05, 0) is 30.7 Å². The normalized spacial score (nSPS) is 28.2. The number of morpholine rings is 1. The van der Waals surface area contributed by atoms with Crippen LogP contribution in [0.2, 0.25) is 0 Å². The first-order chi connectivity index (χ1) is 18.8. The number of allylic oxidation sites excluding steroid dienone is 1. The summed E-state index contributed by atoms with van der Waals surface area (Å²) in [5, 5.41) is 0. The highest BCUT2D eigenvalue weighted by Gasteiger charge is 2.46. The molecule has 2 atom stereocenters. The molecule has 0 aromatic heterocycles. The van der Waals surface area contributed by atoms with Crippen molar-refractivity contribution in [3.05, 3.63) is 89.8 Å². The summed E-state index contributed by atoms with van der Waals surface area (Å²) in [7, 11) is -1.41. The number of carbonyl (C=O) groups excluding carboxylic acids is 1. The Morgan fingerprint density at radius 3 is 2.13 bits per heavy atom. The summed E-state index contributed by atoms with van der Waals surface area (Å²) in [6.07, 6.45) is 5.01. The first-order valence-corrected chi connectivity index (χ1v) is 15.4. The van der Waals surface area contributed by atoms with Gasteiger partial charge in [-0.15, -0.1) is 0 Å². The largest absolute Gasteiger partial charge is 0.378 e. The summed E-state index contributed by atoms with van der Waals surface area (Å²) in [5.41, 5.74) is 3.34. The van der Waals surface area contributed by atoms with Gasteiger partial charge in [0.25, 0.3) is 0 Å². The van der Waals surface area contributed by atoms with Crippen molar-refractivity contribution in [3.8, 4) is 0 Å². The quantitative estimate of drug-likeness (QED) is 0.514. The van der Waals surface area contributed by atoms with Gasteiger partial charge in [0.2, 0.25) is 10.0 Å². The lowest BCUT2D eigenvalue weighted by Gasteiger charge is -2.43. The van der Waals surface area contributed by atoms with Crippen LogP contribution in [0.25, 0.3) is 0 Å². The molecule has 3 heterocycles. The van der Waals surface area contributed by atoms with Crippen LogP contribution in [0.5, 0.6) is 0 Å². The molecule has 8 nitrogen and oxygen atoms in total. The maximum Gasteiger partial charge on any atom is 0.369 e. The summed E-state index contributed by atoms with van der Waals surface area (Å²) in [6, 6.07) is 19.4. The summed E-state index contributed by atoms with van der Waals surface area (Å²) >= 11 is 0. The van der Waals surface area contributed by atoms with Crippen molar-refractivity contribution >= 4 is 21.6 Å². The first-order valence-electron chi connectivity index (χ1n) is 13.8. The highest BCUT2D eigenvalue weighted by Crippen LogP contribution is 2.34. The van der Waals surface area contributed by atoms with Crippen molar-refractivity contribution in [3.63, 3.8) is 0 Å². The van der Waals surface area contributed by atoms with E-state index in [1.807, 2.05) is 67.7 Å². The molecule has 0 spiro atoms. The Bertz CT molecular complexity index is 1320. The smallest absolute Gasteiger partial charge is 0.369 e. The standard InChI is InChI=1S/C30H39N4O4S/c1-25-10-9-15-28(31-16-18-33(19-17-31)39(36,37)24-26-11-5-3-6-12-26)29(32-20-22-38-23-21-32)30(35)34(25,2)27-13-7-4-8-14-27/h3-9,11-15,25H,10,16-24H2,1-2H3/q+1/b15-9+,29-28-. The van der Waals surface area contributed by atoms with E-state index in [2.05, 4.69) is 28.9 Å². The van der Waals surface area contributed by atoms with Gasteiger partial charge < -0.3 is 14.5 Å². The number of ether oxygens (including phenoxy) is 1. The minimum Gasteiger partial charge on any atom is -0.378 e. The fraction of sp³-hybridized carbons (Fsp3) is 0.433. The topological polar surface area (TPSA) is 70.2 Å². The Balaban J connectivity index is 1.46. The van der Waals surface area contributed by atoms with Crippen LogP contribution in [0.1, 0.15) is 18.9 Å². The average Bonchev–Trinajstić information content (AvgIpc) is 2.97. The molecule has 0 radical (unpaired) electrons. The SMILES string of the molecule is CC1C/C=C/C(N2CCN(S(=O)(=O)Cc3ccccc3)CC2)=C(/N2CCOCC2)C(=O)[N+]1(C)c1ccccc1. The minimum absolute atomic E-state index is 0.00124. The maximum absolute atomic E-state index is 14.7. The number of sulfonamides is 1. The Hall–Kier alpha value is -2.98. The van der Waals surface area contributed by atoms with Crippen molar-refractivity contribution < 1.29 is 17.9 Å². The van der Waals surface area contributed by atoms with Gasteiger partial charge in [0, 0.05) is 45.7 Å². The number of carbonyl (C=O) groups is 1. The zero-order valence-corrected chi connectivity index (χ0v) is 23.7. The number of nitrogens with zero attached hydrogens (tertiary/aromatic N) is 4. The number of hydrogen-bond acceptors (Lipinski definition) is 6. The van der Waals surface area contributed by atoms with E-state index in [-0.39, 0.29) is 22.2 Å². The van der Waals surface area contributed by atoms with E-state index >= 15 is 0 Å². The molecule has 2 aromatic carbocycles. The molecule has 208 valence electrons. The van der Waals surface area contributed by atoms with Gasteiger partial charge in [-0.3, -0.25) is 0 Å². The van der Waals surface area contributed by atoms with Crippen molar-refractivity contribution in [1.29, 1.82) is 0 Å². The van der Waals surface area contributed by atoms with Gasteiger partial charge in [-0.1, -0.05) is 54.6 Å². The lowest BCUT2D eigenvalue weighted by Crippen LogP contribution is -2.60. The first kappa shape index (κ1) is 27.6. The van der Waals surface area contributed by atoms with Crippen LogP contribution in [0, 0.1) is 0 Å². The second-order valence-corrected chi connectivity index (χ2v) is 12.6. The van der Waals surface area contributed by atoms with E-state index in [0.29, 0.717) is 58.2 Å². The molecule has 5 rings (SSSR count). The van der Waals surface area contributed by atoms with Gasteiger partial charge in [-0.25, -0.2) is 17.7 Å². The summed E-state index contributed by atoms with van der Waals surface area (Å²) in [5.74, 6) is 0.0627. The highest BCUT2D eigenvalue weighted by atomic mass is 32.2. The second-order valence-electron chi connectivity index (χ2n) is 10.7. The van der Waals surface area contributed by atoms with Crippen molar-refractivity contribution in [2.24, 2.45) is 0 Å². The molecule has 2 saturated heterocycles. The Morgan fingerprint density at radius 2 is 1.49 bits per heavy atom. The third-order valence-electron chi connectivity index (χ3n) is 8.29. The maximum atomic E-state index is 14.7. The van der Waals surface area contributed by atoms with Crippen LogP contribution in [0.15, 0.2) is 84.2 Å². The third-order valence-corrected chi connectivity index (χ3v) is 10.1. The zero-order chi connectivity index (χ0) is 27.5. The molecule has 2 unspecified atom stereocenters. The van der Waals surface area contributed by atoms with E-state index in [9.17, 15) is 13.2 Å². The van der Waals surface area contributed by atoms with Gasteiger partial charge in [0.15, 0.2) is 5.70 Å². The molecule has 0 aliphatic carbocycles. The lowest BCUT2D eigenvalue weighted by atomic mass is 10.0. The Labute approximate surface area is 232 Å². The van der Waals surface area contributed by atoms with Crippen LogP contribution < -0.4 is 4.48 Å². The van der Waals surface area contributed by atoms with Gasteiger partial charge >= 0.3 is 5.91 Å². The van der Waals surface area contributed by atoms with Gasteiger partial charge in [0.1, 0.15) is 11.7 Å². The van der Waals surface area contributed by atoms with Crippen LogP contribution in [0.4, 0.5) is 5.69 Å². The average molecular weight is 552 g/mol. The van der Waals surface area contributed by atoms with Gasteiger partial charge in [-0.2, -0.15) is 4.31 Å². The fourth-order valence-electron chi connectivity index (χ4n) is 5.73. The molecule has 2 fully saturated rings. The number of amides is 1. The molecule has 1 amide bonds. The highest BCUT2D eigenvalue weighted by molar-refractivity contribution is 7.88. The number of para-hydroxylation sites is 1. The van der Waals surface area contributed by atoms with Crippen molar-refractivity contribution in [2.75, 3.05) is 59.5 Å². The third kappa shape index (κ3) is 5.68. The minimum atomic E-state index is -3.43. The van der Waals surface area contributed by atoms with Crippen LogP contribution in [-0.2, 0) is 25.3 Å². The van der Waals surface area contributed by atoms with E-state index in [0.717, 1.165) is 23.4 Å². The van der Waals surface area contributed by atoms with Crippen molar-refractivity contribution in [1.82, 2.24) is 18.6 Å². The molecule has 0 N–H and O–H groups in total. The second kappa shape index (κ2) is 11.6. The molecule has 9 heteroatoms. The molecule has 3 aliphatic rings. The van der Waals surface area contributed by atoms with E-state index in [1.54, 1.807) is 4.31 Å². The molecule has 0 saturated carbocycles. The number of likely N-dealkylation sites (N-methyl/N-ethyl adjacent to an activating group) is 1. The molecular weight excluding hydrogens is 512 g/mol. The number of hydrogen-bond donors (Lipinski definition) is 0. The summed E-state index contributed by atoms with van der Waals surface area (Å²) < 4.78 is 33.8. The molecule has 39 heavy (non-hydrogen) atoms. The Morgan fingerprint density at radius 1 is 0.872 bits per heavy atom. The fourth-order valence-corrected chi connectivity index (χ4v) is 7.24. The Kier molecular flexibility index (Phi) is 8.23. The van der Waals surface area contributed by atoms with Crippen LogP contribution >= 0.6 is 0 Å². The van der Waals surface area contributed by atoms with E-state index in [1.165, 1.54) is 0 Å². The van der Waals surface area contributed by atoms with Crippen LogP contribution in [0.3, 0.4) is 0 Å². The monoisotopic (exact) mass is 551 g/mol. The predicted octanol–water partition coefficient (Wildman–Crippen LogP) is 3.19. The zero-order valence-electron chi connectivity index (χ0n) is 22.9. The van der Waals surface area contributed by atoms with E-state index < -0.39 is 10.0 Å². The molecule has 3 aliphatic heterocycles. The number of rotatable bonds is 6. The molecule has 0 bridgehead atoms. The van der Waals surface area contributed by atoms with Crippen LogP contribution in [-0.4, -0.2) is 94.0 Å². The van der Waals surface area contributed by atoms with Crippen molar-refractivity contribution in [2.45, 2.75) is 25.1 Å². The molecular formula is C30H39N4O4S+. The van der Waals surface area contributed by atoms with Gasteiger partial charge in [0.05, 0.1) is 31.7 Å².